The topological polar surface area (TPSA) is 49.0 Å². The van der Waals surface area contributed by atoms with Gasteiger partial charge >= 0.3 is 0 Å². The first-order chi connectivity index (χ1) is 6.22. The number of nitriles is 1. The predicted octanol–water partition coefficient (Wildman–Crippen LogP) is 1.98. The summed E-state index contributed by atoms with van der Waals surface area (Å²) >= 11 is 0. The van der Waals surface area contributed by atoms with Crippen LogP contribution in [0.5, 0.6) is 0 Å². The summed E-state index contributed by atoms with van der Waals surface area (Å²) in [5, 5.41) is 11.6. The van der Waals surface area contributed by atoms with E-state index in [1.165, 1.54) is 0 Å². The van der Waals surface area contributed by atoms with Crippen molar-refractivity contribution in [2.45, 2.75) is 32.9 Å². The molecule has 70 valence electrons. The molecule has 0 radical (unpaired) electrons. The second kappa shape index (κ2) is 4.68. The van der Waals surface area contributed by atoms with Gasteiger partial charge in [0.05, 0.1) is 19.0 Å². The smallest absolute Gasteiger partial charge is 0.117 e. The van der Waals surface area contributed by atoms with Crippen LogP contribution in [0.3, 0.4) is 0 Å². The molecule has 0 aliphatic carbocycles. The summed E-state index contributed by atoms with van der Waals surface area (Å²) in [6.07, 6.45) is 0.527. The van der Waals surface area contributed by atoms with Crippen LogP contribution >= 0.6 is 0 Å². The van der Waals surface area contributed by atoms with E-state index in [9.17, 15) is 0 Å². The van der Waals surface area contributed by atoms with E-state index in [2.05, 4.69) is 11.4 Å². The molecule has 1 heterocycles. The van der Waals surface area contributed by atoms with Crippen LogP contribution in [0.25, 0.3) is 0 Å². The van der Waals surface area contributed by atoms with Crippen LogP contribution in [0, 0.1) is 18.3 Å². The molecule has 0 saturated carbocycles. The van der Waals surface area contributed by atoms with Crippen molar-refractivity contribution in [2.24, 2.45) is 0 Å². The summed E-state index contributed by atoms with van der Waals surface area (Å²) in [5.74, 6) is 1.84. The van der Waals surface area contributed by atoms with Crippen molar-refractivity contribution in [3.63, 3.8) is 0 Å². The molecule has 13 heavy (non-hydrogen) atoms. The lowest BCUT2D eigenvalue weighted by Crippen LogP contribution is -2.24. The van der Waals surface area contributed by atoms with Crippen LogP contribution in [0.4, 0.5) is 0 Å². The highest BCUT2D eigenvalue weighted by Gasteiger charge is 2.02. The van der Waals surface area contributed by atoms with E-state index in [1.54, 1.807) is 0 Å². The average Bonchev–Trinajstić information content (AvgIpc) is 2.49. The summed E-state index contributed by atoms with van der Waals surface area (Å²) in [4.78, 5) is 0. The summed E-state index contributed by atoms with van der Waals surface area (Å²) < 4.78 is 5.37. The van der Waals surface area contributed by atoms with E-state index >= 15 is 0 Å². The van der Waals surface area contributed by atoms with Gasteiger partial charge in [-0.15, -0.1) is 0 Å². The fraction of sp³-hybridized carbons (Fsp3) is 0.500. The van der Waals surface area contributed by atoms with Crippen molar-refractivity contribution in [2.75, 3.05) is 0 Å². The molecule has 0 spiro atoms. The van der Waals surface area contributed by atoms with Crippen LogP contribution in [0.2, 0.25) is 0 Å². The van der Waals surface area contributed by atoms with E-state index < -0.39 is 0 Å². The molecule has 0 aromatic carbocycles. The molecule has 0 amide bonds. The van der Waals surface area contributed by atoms with Crippen molar-refractivity contribution in [3.05, 3.63) is 23.7 Å². The fourth-order valence-electron chi connectivity index (χ4n) is 1.06. The summed E-state index contributed by atoms with van der Waals surface area (Å²) in [6.45, 7) is 4.60. The van der Waals surface area contributed by atoms with Gasteiger partial charge in [0.25, 0.3) is 0 Å². The Balaban J connectivity index is 2.31. The van der Waals surface area contributed by atoms with Crippen LogP contribution in [0.1, 0.15) is 24.9 Å². The van der Waals surface area contributed by atoms with E-state index in [1.807, 2.05) is 26.0 Å². The van der Waals surface area contributed by atoms with Gasteiger partial charge in [-0.1, -0.05) is 0 Å². The third kappa shape index (κ3) is 3.30. The van der Waals surface area contributed by atoms with Crippen molar-refractivity contribution in [3.8, 4) is 6.07 Å². The molecular weight excluding hydrogens is 164 g/mol. The van der Waals surface area contributed by atoms with Gasteiger partial charge in [0.2, 0.25) is 0 Å². The Morgan fingerprint density at radius 1 is 1.62 bits per heavy atom. The van der Waals surface area contributed by atoms with Gasteiger partial charge in [0.15, 0.2) is 0 Å². The molecular formula is C10H14N2O. The maximum atomic E-state index is 8.42. The number of hydrogen-bond acceptors (Lipinski definition) is 3. The highest BCUT2D eigenvalue weighted by Crippen LogP contribution is 2.05. The second-order valence-corrected chi connectivity index (χ2v) is 3.16. The first-order valence-electron chi connectivity index (χ1n) is 4.38. The summed E-state index contributed by atoms with van der Waals surface area (Å²) in [6, 6.07) is 6.22. The van der Waals surface area contributed by atoms with Gasteiger partial charge < -0.3 is 9.73 Å². The molecule has 1 N–H and O–H groups in total. The third-order valence-electron chi connectivity index (χ3n) is 1.82. The quantitative estimate of drug-likeness (QED) is 0.766. The zero-order valence-electron chi connectivity index (χ0n) is 8.00. The number of nitrogens with zero attached hydrogens (tertiary/aromatic N) is 1. The fourth-order valence-corrected chi connectivity index (χ4v) is 1.06. The Kier molecular flexibility index (Phi) is 3.53. The third-order valence-corrected chi connectivity index (χ3v) is 1.82. The average molecular weight is 178 g/mol. The van der Waals surface area contributed by atoms with Crippen LogP contribution in [-0.2, 0) is 6.54 Å². The molecule has 0 aliphatic heterocycles. The van der Waals surface area contributed by atoms with E-state index in [0.717, 1.165) is 11.5 Å². The number of aryl methyl sites for hydroxylation is 1. The SMILES string of the molecule is Cc1ccc(CNC(C)CC#N)o1. The summed E-state index contributed by atoms with van der Waals surface area (Å²) in [7, 11) is 0. The Morgan fingerprint density at radius 2 is 2.38 bits per heavy atom. The molecule has 1 rings (SSSR count). The Hall–Kier alpha value is -1.27. The Bertz CT molecular complexity index is 298. The molecule has 0 bridgehead atoms. The van der Waals surface area contributed by atoms with E-state index in [4.69, 9.17) is 9.68 Å². The lowest BCUT2D eigenvalue weighted by atomic mass is 10.2. The lowest BCUT2D eigenvalue weighted by Gasteiger charge is -2.07. The van der Waals surface area contributed by atoms with Crippen molar-refractivity contribution in [1.82, 2.24) is 5.32 Å². The van der Waals surface area contributed by atoms with E-state index in [-0.39, 0.29) is 6.04 Å². The standard InChI is InChI=1S/C10H14N2O/c1-8(5-6-11)12-7-10-4-3-9(2)13-10/h3-4,8,12H,5,7H2,1-2H3. The first kappa shape index (κ1) is 9.82. The largest absolute Gasteiger partial charge is 0.465 e. The van der Waals surface area contributed by atoms with Gasteiger partial charge in [0.1, 0.15) is 11.5 Å². The van der Waals surface area contributed by atoms with Gasteiger partial charge in [-0.05, 0) is 26.0 Å². The predicted molar refractivity (Wildman–Crippen MR) is 50.0 cm³/mol. The molecule has 0 saturated heterocycles. The zero-order chi connectivity index (χ0) is 9.68. The molecule has 0 fully saturated rings. The number of rotatable bonds is 4. The summed E-state index contributed by atoms with van der Waals surface area (Å²) in [5.41, 5.74) is 0. The molecule has 1 aromatic rings. The lowest BCUT2D eigenvalue weighted by molar-refractivity contribution is 0.441. The molecule has 3 nitrogen and oxygen atoms in total. The van der Waals surface area contributed by atoms with Crippen LogP contribution < -0.4 is 5.32 Å². The minimum absolute atomic E-state index is 0.218. The van der Waals surface area contributed by atoms with Crippen molar-refractivity contribution >= 4 is 0 Å². The van der Waals surface area contributed by atoms with Crippen LogP contribution in [-0.4, -0.2) is 6.04 Å². The van der Waals surface area contributed by atoms with Crippen molar-refractivity contribution < 1.29 is 4.42 Å². The van der Waals surface area contributed by atoms with Gasteiger partial charge in [0, 0.05) is 6.04 Å². The Labute approximate surface area is 78.4 Å². The minimum atomic E-state index is 0.218. The van der Waals surface area contributed by atoms with Gasteiger partial charge in [-0.2, -0.15) is 5.26 Å². The normalized spacial score (nSPS) is 12.4. The second-order valence-electron chi connectivity index (χ2n) is 3.16. The molecule has 0 aliphatic rings. The number of nitrogens with one attached hydrogen (secondary N) is 1. The maximum Gasteiger partial charge on any atom is 0.117 e. The molecule has 3 heteroatoms. The number of hydrogen-bond donors (Lipinski definition) is 1. The molecule has 1 unspecified atom stereocenters. The van der Waals surface area contributed by atoms with E-state index in [0.29, 0.717) is 13.0 Å². The van der Waals surface area contributed by atoms with Gasteiger partial charge in [-0.25, -0.2) is 0 Å². The minimum Gasteiger partial charge on any atom is -0.465 e. The van der Waals surface area contributed by atoms with Gasteiger partial charge in [-0.3, -0.25) is 0 Å². The highest BCUT2D eigenvalue weighted by atomic mass is 16.3. The molecule has 1 aromatic heterocycles. The Morgan fingerprint density at radius 3 is 2.92 bits per heavy atom. The molecule has 1 atom stereocenters. The maximum absolute atomic E-state index is 8.42. The van der Waals surface area contributed by atoms with Crippen molar-refractivity contribution in [1.29, 1.82) is 5.26 Å². The zero-order valence-corrected chi connectivity index (χ0v) is 8.00. The monoisotopic (exact) mass is 178 g/mol. The first-order valence-corrected chi connectivity index (χ1v) is 4.38. The number of furan rings is 1. The van der Waals surface area contributed by atoms with Crippen LogP contribution in [0.15, 0.2) is 16.5 Å². The highest BCUT2D eigenvalue weighted by molar-refractivity contribution is 5.05.